The van der Waals surface area contributed by atoms with Crippen LogP contribution >= 0.6 is 11.3 Å². The minimum atomic E-state index is -0.0868. The summed E-state index contributed by atoms with van der Waals surface area (Å²) in [5.41, 5.74) is 5.99. The van der Waals surface area contributed by atoms with Gasteiger partial charge in [-0.2, -0.15) is 5.26 Å². The number of amides is 1. The third kappa shape index (κ3) is 3.78. The number of carbonyl (C=O) groups excluding carboxylic acids is 1. The van der Waals surface area contributed by atoms with Crippen molar-refractivity contribution in [3.8, 4) is 6.07 Å². The van der Waals surface area contributed by atoms with Crippen molar-refractivity contribution in [2.24, 2.45) is 0 Å². The van der Waals surface area contributed by atoms with Crippen LogP contribution < -0.4 is 10.6 Å². The number of nitrogens with zero attached hydrogens (tertiary/aromatic N) is 1. The molecule has 2 aromatic rings. The monoisotopic (exact) mass is 379 g/mol. The van der Waals surface area contributed by atoms with E-state index in [0.29, 0.717) is 5.56 Å². The molecule has 0 bridgehead atoms. The number of rotatable bonds is 5. The van der Waals surface area contributed by atoms with Crippen LogP contribution in [0.5, 0.6) is 0 Å². The molecule has 0 saturated heterocycles. The average molecular weight is 380 g/mol. The average Bonchev–Trinajstić information content (AvgIpc) is 3.26. The number of anilines is 1. The minimum absolute atomic E-state index is 0.0868. The lowest BCUT2D eigenvalue weighted by Gasteiger charge is -2.20. The molecule has 1 aromatic carbocycles. The first-order valence-corrected chi connectivity index (χ1v) is 10.7. The molecule has 1 heterocycles. The van der Waals surface area contributed by atoms with Crippen molar-refractivity contribution < 1.29 is 4.79 Å². The van der Waals surface area contributed by atoms with E-state index in [0.717, 1.165) is 36.2 Å². The highest BCUT2D eigenvalue weighted by Gasteiger charge is 2.23. The van der Waals surface area contributed by atoms with Crippen LogP contribution in [0.2, 0.25) is 0 Å². The van der Waals surface area contributed by atoms with E-state index in [-0.39, 0.29) is 18.5 Å². The number of fused-ring (bicyclic) bond motifs is 2. The second kappa shape index (κ2) is 7.84. The van der Waals surface area contributed by atoms with Gasteiger partial charge in [0.25, 0.3) is 0 Å². The molecule has 5 heteroatoms. The predicted molar refractivity (Wildman–Crippen MR) is 109 cm³/mol. The summed E-state index contributed by atoms with van der Waals surface area (Å²) in [5.74, 6) is -0.0868. The van der Waals surface area contributed by atoms with E-state index in [9.17, 15) is 10.1 Å². The number of carbonyl (C=O) groups is 1. The Bertz CT molecular complexity index is 909. The smallest absolute Gasteiger partial charge is 0.238 e. The van der Waals surface area contributed by atoms with Gasteiger partial charge in [-0.15, -0.1) is 11.3 Å². The van der Waals surface area contributed by atoms with E-state index in [1.165, 1.54) is 40.8 Å². The number of thiophene rings is 1. The Labute approximate surface area is 164 Å². The molecule has 0 aliphatic heterocycles. The molecule has 27 heavy (non-hydrogen) atoms. The quantitative estimate of drug-likeness (QED) is 0.815. The summed E-state index contributed by atoms with van der Waals surface area (Å²) in [6.45, 7) is 2.34. The molecular weight excluding hydrogens is 354 g/mol. The standard InChI is InChI=1S/C22H25N3OS/c1-14(16-10-9-15-5-2-3-6-17(15)11-16)24-13-21(26)25-22-19(12-23)18-7-4-8-20(18)27-22/h9-11,14,24H,2-8,13H2,1H3,(H,25,26)/t14-/m0/s1. The second-order valence-corrected chi connectivity index (χ2v) is 8.66. The zero-order chi connectivity index (χ0) is 18.8. The SMILES string of the molecule is C[C@H](NCC(=O)Nc1sc2c(c1C#N)CCC2)c1ccc2c(c1)CCCC2. The number of hydrogen-bond acceptors (Lipinski definition) is 4. The van der Waals surface area contributed by atoms with Gasteiger partial charge in [0.05, 0.1) is 12.1 Å². The first kappa shape index (κ1) is 18.2. The van der Waals surface area contributed by atoms with Gasteiger partial charge >= 0.3 is 0 Å². The Balaban J connectivity index is 1.36. The van der Waals surface area contributed by atoms with Gasteiger partial charge in [0.15, 0.2) is 0 Å². The van der Waals surface area contributed by atoms with Gasteiger partial charge in [0.1, 0.15) is 11.1 Å². The van der Waals surface area contributed by atoms with Crippen LogP contribution in [0.15, 0.2) is 18.2 Å². The fourth-order valence-corrected chi connectivity index (χ4v) is 5.42. The molecule has 140 valence electrons. The summed E-state index contributed by atoms with van der Waals surface area (Å²) in [6, 6.07) is 9.11. The lowest BCUT2D eigenvalue weighted by atomic mass is 9.89. The van der Waals surface area contributed by atoms with Crippen molar-refractivity contribution in [3.63, 3.8) is 0 Å². The van der Waals surface area contributed by atoms with Gasteiger partial charge in [0.2, 0.25) is 5.91 Å². The molecule has 2 N–H and O–H groups in total. The fraction of sp³-hybridized carbons (Fsp3) is 0.455. The third-order valence-electron chi connectivity index (χ3n) is 5.73. The Morgan fingerprint density at radius 3 is 2.81 bits per heavy atom. The molecule has 2 aliphatic rings. The summed E-state index contributed by atoms with van der Waals surface area (Å²) in [4.78, 5) is 13.7. The van der Waals surface area contributed by atoms with Crippen LogP contribution in [0, 0.1) is 11.3 Å². The third-order valence-corrected chi connectivity index (χ3v) is 6.93. The highest BCUT2D eigenvalue weighted by Crippen LogP contribution is 2.38. The first-order chi connectivity index (χ1) is 13.2. The topological polar surface area (TPSA) is 64.9 Å². The number of hydrogen-bond donors (Lipinski definition) is 2. The summed E-state index contributed by atoms with van der Waals surface area (Å²) >= 11 is 1.57. The summed E-state index contributed by atoms with van der Waals surface area (Å²) in [7, 11) is 0. The molecule has 0 fully saturated rings. The largest absolute Gasteiger partial charge is 0.315 e. The van der Waals surface area contributed by atoms with Crippen molar-refractivity contribution in [1.82, 2.24) is 5.32 Å². The molecule has 0 spiro atoms. The molecular formula is C22H25N3OS. The van der Waals surface area contributed by atoms with Gasteiger partial charge in [-0.3, -0.25) is 4.79 Å². The fourth-order valence-electron chi connectivity index (χ4n) is 4.17. The van der Waals surface area contributed by atoms with Crippen LogP contribution in [0.4, 0.5) is 5.00 Å². The maximum atomic E-state index is 12.4. The zero-order valence-corrected chi connectivity index (χ0v) is 16.5. The van der Waals surface area contributed by atoms with Gasteiger partial charge in [0, 0.05) is 10.9 Å². The minimum Gasteiger partial charge on any atom is -0.315 e. The predicted octanol–water partition coefficient (Wildman–Crippen LogP) is 4.28. The zero-order valence-electron chi connectivity index (χ0n) is 15.7. The van der Waals surface area contributed by atoms with E-state index in [2.05, 4.69) is 41.8 Å². The molecule has 4 nitrogen and oxygen atoms in total. The Morgan fingerprint density at radius 1 is 1.19 bits per heavy atom. The number of nitriles is 1. The number of benzene rings is 1. The lowest BCUT2D eigenvalue weighted by molar-refractivity contribution is -0.115. The number of aryl methyl sites for hydroxylation is 3. The summed E-state index contributed by atoms with van der Waals surface area (Å²) in [5, 5.41) is 16.4. The van der Waals surface area contributed by atoms with Gasteiger partial charge in [-0.05, 0) is 74.1 Å². The number of nitrogens with one attached hydrogen (secondary N) is 2. The highest BCUT2D eigenvalue weighted by atomic mass is 32.1. The van der Waals surface area contributed by atoms with E-state index >= 15 is 0 Å². The first-order valence-electron chi connectivity index (χ1n) is 9.85. The van der Waals surface area contributed by atoms with E-state index in [4.69, 9.17) is 0 Å². The van der Waals surface area contributed by atoms with E-state index < -0.39 is 0 Å². The molecule has 1 aromatic heterocycles. The van der Waals surface area contributed by atoms with Crippen molar-refractivity contribution in [2.75, 3.05) is 11.9 Å². The second-order valence-electron chi connectivity index (χ2n) is 7.56. The van der Waals surface area contributed by atoms with Gasteiger partial charge < -0.3 is 10.6 Å². The molecule has 4 rings (SSSR count). The Hall–Kier alpha value is -2.16. The van der Waals surface area contributed by atoms with Crippen molar-refractivity contribution in [2.45, 2.75) is 57.9 Å². The normalized spacial score (nSPS) is 16.3. The van der Waals surface area contributed by atoms with Gasteiger partial charge in [-0.1, -0.05) is 18.2 Å². The van der Waals surface area contributed by atoms with Crippen molar-refractivity contribution >= 4 is 22.2 Å². The van der Waals surface area contributed by atoms with Crippen LogP contribution in [0.3, 0.4) is 0 Å². The summed E-state index contributed by atoms with van der Waals surface area (Å²) < 4.78 is 0. The van der Waals surface area contributed by atoms with Crippen LogP contribution in [-0.2, 0) is 30.5 Å². The van der Waals surface area contributed by atoms with Crippen molar-refractivity contribution in [3.05, 3.63) is 50.9 Å². The molecule has 0 radical (unpaired) electrons. The molecule has 0 unspecified atom stereocenters. The van der Waals surface area contributed by atoms with E-state index in [1.807, 2.05) is 0 Å². The molecule has 0 saturated carbocycles. The molecule has 2 aliphatic carbocycles. The summed E-state index contributed by atoms with van der Waals surface area (Å²) in [6.07, 6.45) is 8.01. The maximum Gasteiger partial charge on any atom is 0.238 e. The highest BCUT2D eigenvalue weighted by molar-refractivity contribution is 7.16. The Morgan fingerprint density at radius 2 is 2.00 bits per heavy atom. The lowest BCUT2D eigenvalue weighted by Crippen LogP contribution is -2.30. The van der Waals surface area contributed by atoms with Crippen LogP contribution in [0.1, 0.15) is 64.9 Å². The molecule has 1 amide bonds. The van der Waals surface area contributed by atoms with Crippen molar-refractivity contribution in [1.29, 1.82) is 5.26 Å². The van der Waals surface area contributed by atoms with Gasteiger partial charge in [-0.25, -0.2) is 0 Å². The van der Waals surface area contributed by atoms with Crippen LogP contribution in [-0.4, -0.2) is 12.5 Å². The molecule has 1 atom stereocenters. The van der Waals surface area contributed by atoms with E-state index in [1.54, 1.807) is 11.3 Å². The van der Waals surface area contributed by atoms with Crippen LogP contribution in [0.25, 0.3) is 0 Å². The maximum absolute atomic E-state index is 12.4. The Kier molecular flexibility index (Phi) is 5.29.